The van der Waals surface area contributed by atoms with Gasteiger partial charge in [0.1, 0.15) is 11.8 Å². The number of aromatic hydroxyl groups is 1. The molecule has 1 aliphatic heterocycles. The minimum Gasteiger partial charge on any atom is -0.508 e. The van der Waals surface area contributed by atoms with E-state index >= 15 is 0 Å². The van der Waals surface area contributed by atoms with Crippen molar-refractivity contribution >= 4 is 29.5 Å². The predicted octanol–water partition coefficient (Wildman–Crippen LogP) is 3.17. The molecule has 9 heteroatoms. The highest BCUT2D eigenvalue weighted by molar-refractivity contribution is 8.00. The maximum atomic E-state index is 13.7. The van der Waals surface area contributed by atoms with Crippen molar-refractivity contribution < 1.29 is 24.6 Å². The van der Waals surface area contributed by atoms with Crippen LogP contribution in [0, 0.1) is 6.92 Å². The number of phenolic OH excluding ortho intramolecular Hbond substituents is 1. The molecule has 2 aromatic rings. The van der Waals surface area contributed by atoms with Crippen molar-refractivity contribution in [3.05, 3.63) is 76.9 Å². The average Bonchev–Trinajstić information content (AvgIpc) is 3.22. The number of nitrogens with zero attached hydrogens (tertiary/aromatic N) is 1. The van der Waals surface area contributed by atoms with Crippen molar-refractivity contribution in [1.82, 2.24) is 15.5 Å². The van der Waals surface area contributed by atoms with Crippen LogP contribution in [-0.4, -0.2) is 68.2 Å². The van der Waals surface area contributed by atoms with Gasteiger partial charge >= 0.3 is 0 Å². The highest BCUT2D eigenvalue weighted by Gasteiger charge is 2.49. The lowest BCUT2D eigenvalue weighted by molar-refractivity contribution is -0.147. The molecule has 2 aromatic carbocycles. The normalized spacial score (nSPS) is 18.5. The highest BCUT2D eigenvalue weighted by Crippen LogP contribution is 2.40. The molecule has 1 fully saturated rings. The van der Waals surface area contributed by atoms with E-state index in [0.717, 1.165) is 11.1 Å². The first-order valence-electron chi connectivity index (χ1n) is 12.6. The Balaban J connectivity index is 1.87. The Labute approximate surface area is 228 Å². The molecule has 1 aliphatic rings. The molecule has 0 bridgehead atoms. The molecule has 4 N–H and O–H groups in total. The zero-order valence-electron chi connectivity index (χ0n) is 22.5. The molecule has 1 saturated heterocycles. The highest BCUT2D eigenvalue weighted by atomic mass is 32.2. The van der Waals surface area contributed by atoms with Gasteiger partial charge in [-0.2, -0.15) is 0 Å². The number of allylic oxidation sites excluding steroid dienone is 1. The van der Waals surface area contributed by atoms with E-state index in [4.69, 9.17) is 0 Å². The number of aliphatic hydroxyl groups excluding tert-OH is 1. The van der Waals surface area contributed by atoms with Crippen LogP contribution in [0.4, 0.5) is 0 Å². The number of benzene rings is 2. The van der Waals surface area contributed by atoms with Crippen LogP contribution in [0.1, 0.15) is 49.2 Å². The number of hydrogen-bond acceptors (Lipinski definition) is 6. The van der Waals surface area contributed by atoms with Crippen molar-refractivity contribution in [3.8, 4) is 5.75 Å². The summed E-state index contributed by atoms with van der Waals surface area (Å²) in [5.74, 6) is -1.22. The predicted molar refractivity (Wildman–Crippen MR) is 150 cm³/mol. The molecule has 1 unspecified atom stereocenters. The Morgan fingerprint density at radius 2 is 1.84 bits per heavy atom. The second-order valence-electron chi connectivity index (χ2n) is 10.1. The fourth-order valence-electron chi connectivity index (χ4n) is 4.41. The van der Waals surface area contributed by atoms with Gasteiger partial charge in [0.05, 0.1) is 11.9 Å². The van der Waals surface area contributed by atoms with Crippen LogP contribution < -0.4 is 10.6 Å². The number of amides is 3. The second kappa shape index (κ2) is 12.5. The van der Waals surface area contributed by atoms with Crippen LogP contribution >= 0.6 is 11.8 Å². The number of thioether (sulfide) groups is 1. The van der Waals surface area contributed by atoms with Crippen LogP contribution in [0.2, 0.25) is 0 Å². The monoisotopic (exact) mass is 539 g/mol. The number of carbonyl (C=O) groups excluding carboxylic acids is 3. The smallest absolute Gasteiger partial charge is 0.254 e. The van der Waals surface area contributed by atoms with Crippen molar-refractivity contribution in [2.75, 3.05) is 12.4 Å². The van der Waals surface area contributed by atoms with Crippen LogP contribution in [0.3, 0.4) is 0 Å². The molecular formula is C29H37N3O5S. The fourth-order valence-corrected chi connectivity index (χ4v) is 5.55. The zero-order chi connectivity index (χ0) is 28.0. The molecule has 8 nitrogen and oxygen atoms in total. The summed E-state index contributed by atoms with van der Waals surface area (Å²) in [6.45, 7) is 9.60. The Kier molecular flexibility index (Phi) is 9.62. The topological polar surface area (TPSA) is 119 Å². The Morgan fingerprint density at radius 1 is 1.16 bits per heavy atom. The first kappa shape index (κ1) is 29.3. The van der Waals surface area contributed by atoms with Crippen LogP contribution in [0.25, 0.3) is 0 Å². The van der Waals surface area contributed by atoms with E-state index in [2.05, 4.69) is 10.6 Å². The molecule has 0 spiro atoms. The van der Waals surface area contributed by atoms with E-state index in [1.54, 1.807) is 19.1 Å². The van der Waals surface area contributed by atoms with Gasteiger partial charge in [-0.15, -0.1) is 11.8 Å². The van der Waals surface area contributed by atoms with Gasteiger partial charge in [-0.1, -0.05) is 48.0 Å². The van der Waals surface area contributed by atoms with E-state index in [1.165, 1.54) is 22.7 Å². The van der Waals surface area contributed by atoms with Crippen molar-refractivity contribution in [1.29, 1.82) is 0 Å². The standard InChI is InChI=1S/C29H37N3O5S/c1-6-18(2)16-30-27(36)25-29(4,5)38-17-32(25)28(37)24(34)22(15-20-11-8-7-9-12-20)31-26(35)21-13-10-14-23(33)19(21)3/h6-14,22,24-25,33-34H,15-17H2,1-5H3,(H,30,36)(H,31,35)/b18-6+/t22-,24-,25?/m0/s1. The van der Waals surface area contributed by atoms with Crippen LogP contribution in [-0.2, 0) is 16.0 Å². The van der Waals surface area contributed by atoms with Gasteiger partial charge in [0, 0.05) is 22.4 Å². The Hall–Kier alpha value is -3.30. The second-order valence-corrected chi connectivity index (χ2v) is 11.7. The number of carbonyl (C=O) groups is 3. The lowest BCUT2D eigenvalue weighted by atomic mass is 9.96. The van der Waals surface area contributed by atoms with Gasteiger partial charge in [-0.25, -0.2) is 0 Å². The third kappa shape index (κ3) is 6.76. The summed E-state index contributed by atoms with van der Waals surface area (Å²) < 4.78 is -0.569. The Morgan fingerprint density at radius 3 is 2.50 bits per heavy atom. The SMILES string of the molecule is C/C=C(\C)CNC(=O)C1N(C(=O)[C@@H](O)[C@H](Cc2ccccc2)NC(=O)c2cccc(O)c2C)CSC1(C)C. The average molecular weight is 540 g/mol. The maximum Gasteiger partial charge on any atom is 0.254 e. The quantitative estimate of drug-likeness (QED) is 0.364. The number of rotatable bonds is 9. The summed E-state index contributed by atoms with van der Waals surface area (Å²) in [4.78, 5) is 41.5. The lowest BCUT2D eigenvalue weighted by Gasteiger charge is -2.33. The molecular weight excluding hydrogens is 502 g/mol. The third-order valence-corrected chi connectivity index (χ3v) is 8.28. The van der Waals surface area contributed by atoms with Gasteiger partial charge in [0.25, 0.3) is 11.8 Å². The molecule has 0 aromatic heterocycles. The lowest BCUT2D eigenvalue weighted by Crippen LogP contribution is -2.58. The first-order chi connectivity index (χ1) is 18.0. The molecule has 3 amide bonds. The van der Waals surface area contributed by atoms with Crippen LogP contribution in [0.5, 0.6) is 5.75 Å². The van der Waals surface area contributed by atoms with E-state index in [9.17, 15) is 24.6 Å². The van der Waals surface area contributed by atoms with E-state index in [-0.39, 0.29) is 29.5 Å². The number of hydrogen-bond donors (Lipinski definition) is 4. The zero-order valence-corrected chi connectivity index (χ0v) is 23.3. The van der Waals surface area contributed by atoms with Gasteiger partial charge in [0.15, 0.2) is 6.10 Å². The van der Waals surface area contributed by atoms with E-state index in [0.29, 0.717) is 12.1 Å². The number of nitrogens with one attached hydrogen (secondary N) is 2. The fraction of sp³-hybridized carbons (Fsp3) is 0.414. The van der Waals surface area contributed by atoms with Gasteiger partial charge in [-0.05, 0) is 58.7 Å². The summed E-state index contributed by atoms with van der Waals surface area (Å²) in [5.41, 5.74) is 2.46. The Bertz CT molecular complexity index is 1200. The number of phenols is 1. The molecule has 3 rings (SSSR count). The summed E-state index contributed by atoms with van der Waals surface area (Å²) in [6, 6.07) is 12.1. The largest absolute Gasteiger partial charge is 0.508 e. The molecule has 38 heavy (non-hydrogen) atoms. The minimum absolute atomic E-state index is 0.0211. The van der Waals surface area contributed by atoms with Crippen molar-refractivity contribution in [3.63, 3.8) is 0 Å². The molecule has 0 aliphatic carbocycles. The van der Waals surface area contributed by atoms with Crippen LogP contribution in [0.15, 0.2) is 60.2 Å². The molecule has 0 saturated carbocycles. The summed E-state index contributed by atoms with van der Waals surface area (Å²) >= 11 is 1.46. The van der Waals surface area contributed by atoms with Crippen molar-refractivity contribution in [2.45, 2.75) is 64.0 Å². The maximum absolute atomic E-state index is 13.7. The molecule has 3 atom stereocenters. The van der Waals surface area contributed by atoms with Gasteiger partial charge in [-0.3, -0.25) is 14.4 Å². The summed E-state index contributed by atoms with van der Waals surface area (Å²) in [6.07, 6.45) is 0.505. The minimum atomic E-state index is -1.60. The summed E-state index contributed by atoms with van der Waals surface area (Å²) in [7, 11) is 0. The van der Waals surface area contributed by atoms with Gasteiger partial charge < -0.3 is 25.7 Å². The number of aliphatic hydroxyl groups is 1. The molecule has 1 heterocycles. The summed E-state index contributed by atoms with van der Waals surface area (Å²) in [5, 5.41) is 27.1. The molecule has 0 radical (unpaired) electrons. The van der Waals surface area contributed by atoms with Gasteiger partial charge in [0.2, 0.25) is 5.91 Å². The third-order valence-electron chi connectivity index (χ3n) is 6.91. The van der Waals surface area contributed by atoms with E-state index < -0.39 is 34.7 Å². The van der Waals surface area contributed by atoms with E-state index in [1.807, 2.05) is 64.1 Å². The first-order valence-corrected chi connectivity index (χ1v) is 13.6. The van der Waals surface area contributed by atoms with Crippen molar-refractivity contribution in [2.24, 2.45) is 0 Å². The molecule has 204 valence electrons.